The van der Waals surface area contributed by atoms with Crippen molar-refractivity contribution in [2.75, 3.05) is 0 Å². The summed E-state index contributed by atoms with van der Waals surface area (Å²) in [6.07, 6.45) is 0. The van der Waals surface area contributed by atoms with E-state index in [1.54, 1.807) is 13.8 Å². The molecule has 0 unspecified atom stereocenters. The minimum Gasteiger partial charge on any atom is -0.343 e. The highest BCUT2D eigenvalue weighted by Crippen LogP contribution is 2.29. The van der Waals surface area contributed by atoms with Crippen LogP contribution in [0.1, 0.15) is 29.8 Å². The molecule has 5 nitrogen and oxygen atoms in total. The van der Waals surface area contributed by atoms with Crippen LogP contribution in [-0.4, -0.2) is 10.8 Å². The summed E-state index contributed by atoms with van der Waals surface area (Å²) in [6, 6.07) is 6.47. The third kappa shape index (κ3) is 3.68. The number of nitrogens with zero attached hydrogens (tertiary/aromatic N) is 1. The van der Waals surface area contributed by atoms with Gasteiger partial charge >= 0.3 is 0 Å². The maximum absolute atomic E-state index is 13.9. The number of amides is 1. The summed E-state index contributed by atoms with van der Waals surface area (Å²) in [5.74, 6) is -2.30. The summed E-state index contributed by atoms with van der Waals surface area (Å²) in [5, 5.41) is 13.3. The molecule has 0 aliphatic heterocycles. The van der Waals surface area contributed by atoms with Crippen molar-refractivity contribution in [1.29, 1.82) is 0 Å². The zero-order valence-corrected chi connectivity index (χ0v) is 13.5. The molecular formula is C16H13ClF2N2O3. The lowest BCUT2D eigenvalue weighted by Crippen LogP contribution is -2.41. The molecular weight excluding hydrogens is 342 g/mol. The molecule has 0 spiro atoms. The van der Waals surface area contributed by atoms with Crippen molar-refractivity contribution in [3.05, 3.63) is 74.3 Å². The predicted octanol–water partition coefficient (Wildman–Crippen LogP) is 4.19. The van der Waals surface area contributed by atoms with Crippen LogP contribution in [0.4, 0.5) is 14.5 Å². The first-order valence-corrected chi connectivity index (χ1v) is 7.21. The van der Waals surface area contributed by atoms with E-state index in [1.165, 1.54) is 12.1 Å². The fourth-order valence-electron chi connectivity index (χ4n) is 2.22. The maximum atomic E-state index is 13.9. The lowest BCUT2D eigenvalue weighted by Gasteiger charge is -2.28. The summed E-state index contributed by atoms with van der Waals surface area (Å²) < 4.78 is 27.1. The molecule has 0 aliphatic rings. The van der Waals surface area contributed by atoms with Crippen molar-refractivity contribution in [2.24, 2.45) is 0 Å². The van der Waals surface area contributed by atoms with Crippen LogP contribution in [-0.2, 0) is 5.54 Å². The molecule has 0 atom stereocenters. The first kappa shape index (κ1) is 17.8. The zero-order chi connectivity index (χ0) is 18.1. The van der Waals surface area contributed by atoms with E-state index in [4.69, 9.17) is 11.6 Å². The van der Waals surface area contributed by atoms with Gasteiger partial charge in [-0.25, -0.2) is 8.78 Å². The molecule has 2 rings (SSSR count). The Kier molecular flexibility index (Phi) is 4.84. The summed E-state index contributed by atoms with van der Waals surface area (Å²) >= 11 is 5.99. The highest BCUT2D eigenvalue weighted by Gasteiger charge is 2.27. The molecule has 0 aliphatic carbocycles. The Labute approximate surface area is 141 Å². The molecule has 0 saturated heterocycles. The minimum atomic E-state index is -1.02. The van der Waals surface area contributed by atoms with Gasteiger partial charge in [-0.05, 0) is 37.6 Å². The smallest absolute Gasteiger partial charge is 0.272 e. The fraction of sp³-hybridized carbons (Fsp3) is 0.188. The number of carbonyl (C=O) groups excluding carboxylic acids is 1. The molecule has 0 aromatic heterocycles. The Bertz CT molecular complexity index is 825. The Hall–Kier alpha value is -2.54. The molecule has 2 aromatic rings. The number of carbonyl (C=O) groups is 1. The van der Waals surface area contributed by atoms with Gasteiger partial charge in [0.05, 0.1) is 22.1 Å². The lowest BCUT2D eigenvalue weighted by atomic mass is 9.93. The first-order chi connectivity index (χ1) is 11.1. The van der Waals surface area contributed by atoms with Crippen LogP contribution >= 0.6 is 11.6 Å². The van der Waals surface area contributed by atoms with Gasteiger partial charge in [-0.3, -0.25) is 14.9 Å². The molecule has 2 aromatic carbocycles. The van der Waals surface area contributed by atoms with Gasteiger partial charge in [0.2, 0.25) is 0 Å². The monoisotopic (exact) mass is 354 g/mol. The van der Waals surface area contributed by atoms with E-state index >= 15 is 0 Å². The van der Waals surface area contributed by atoms with Gasteiger partial charge in [-0.1, -0.05) is 17.7 Å². The second-order valence-electron chi connectivity index (χ2n) is 5.62. The largest absolute Gasteiger partial charge is 0.343 e. The molecule has 0 radical (unpaired) electrons. The van der Waals surface area contributed by atoms with Crippen LogP contribution < -0.4 is 5.32 Å². The van der Waals surface area contributed by atoms with Crippen LogP contribution in [0.5, 0.6) is 0 Å². The summed E-state index contributed by atoms with van der Waals surface area (Å²) in [7, 11) is 0. The summed E-state index contributed by atoms with van der Waals surface area (Å²) in [5.41, 5.74) is -1.37. The molecule has 0 fully saturated rings. The maximum Gasteiger partial charge on any atom is 0.272 e. The van der Waals surface area contributed by atoms with Crippen molar-refractivity contribution in [1.82, 2.24) is 5.32 Å². The highest BCUT2D eigenvalue weighted by atomic mass is 35.5. The van der Waals surface area contributed by atoms with Crippen LogP contribution in [0.15, 0.2) is 36.4 Å². The molecule has 0 saturated carbocycles. The van der Waals surface area contributed by atoms with E-state index < -0.39 is 33.7 Å². The number of nitro groups is 1. The molecule has 24 heavy (non-hydrogen) atoms. The Balaban J connectivity index is 2.29. The van der Waals surface area contributed by atoms with Gasteiger partial charge in [-0.15, -0.1) is 0 Å². The van der Waals surface area contributed by atoms with Crippen molar-refractivity contribution in [2.45, 2.75) is 19.4 Å². The summed E-state index contributed by atoms with van der Waals surface area (Å²) in [6.45, 7) is 3.24. The van der Waals surface area contributed by atoms with Crippen LogP contribution in [0.3, 0.4) is 0 Å². The van der Waals surface area contributed by atoms with Crippen molar-refractivity contribution in [3.8, 4) is 0 Å². The fourth-order valence-corrected chi connectivity index (χ4v) is 2.62. The number of nitro benzene ring substituents is 1. The Morgan fingerprint density at radius 1 is 1.21 bits per heavy atom. The Morgan fingerprint density at radius 3 is 2.42 bits per heavy atom. The quantitative estimate of drug-likeness (QED) is 0.661. The topological polar surface area (TPSA) is 72.2 Å². The number of rotatable bonds is 4. The number of nitrogens with one attached hydrogen (secondary N) is 1. The van der Waals surface area contributed by atoms with E-state index in [0.29, 0.717) is 11.6 Å². The van der Waals surface area contributed by atoms with Gasteiger partial charge < -0.3 is 5.32 Å². The highest BCUT2D eigenvalue weighted by molar-refractivity contribution is 6.31. The molecule has 1 N–H and O–H groups in total. The number of hydrogen-bond donors (Lipinski definition) is 1. The molecule has 126 valence electrons. The van der Waals surface area contributed by atoms with E-state index in [0.717, 1.165) is 18.2 Å². The van der Waals surface area contributed by atoms with Crippen LogP contribution in [0.2, 0.25) is 5.02 Å². The molecule has 1 amide bonds. The second-order valence-corrected chi connectivity index (χ2v) is 6.03. The van der Waals surface area contributed by atoms with Crippen molar-refractivity contribution < 1.29 is 18.5 Å². The number of halogens is 3. The first-order valence-electron chi connectivity index (χ1n) is 6.84. The zero-order valence-electron chi connectivity index (χ0n) is 12.8. The SMILES string of the molecule is CC(C)(NC(=O)c1ccc([N+](=O)[O-])cc1F)c1ccc(F)cc1Cl. The second kappa shape index (κ2) is 6.52. The lowest BCUT2D eigenvalue weighted by molar-refractivity contribution is -0.385. The summed E-state index contributed by atoms with van der Waals surface area (Å²) in [4.78, 5) is 22.1. The number of benzene rings is 2. The van der Waals surface area contributed by atoms with Gasteiger partial charge in [0, 0.05) is 11.1 Å². The molecule has 0 heterocycles. The van der Waals surface area contributed by atoms with Gasteiger partial charge in [0.1, 0.15) is 11.6 Å². The minimum absolute atomic E-state index is 0.115. The normalized spacial score (nSPS) is 11.2. The van der Waals surface area contributed by atoms with Gasteiger partial charge in [-0.2, -0.15) is 0 Å². The van der Waals surface area contributed by atoms with Crippen LogP contribution in [0, 0.1) is 21.7 Å². The van der Waals surface area contributed by atoms with Gasteiger partial charge in [0.25, 0.3) is 11.6 Å². The van der Waals surface area contributed by atoms with E-state index in [2.05, 4.69) is 5.32 Å². The number of non-ortho nitro benzene ring substituents is 1. The molecule has 0 bridgehead atoms. The average Bonchev–Trinajstić information content (AvgIpc) is 2.45. The average molecular weight is 355 g/mol. The van der Waals surface area contributed by atoms with E-state index in [9.17, 15) is 23.7 Å². The third-order valence-electron chi connectivity index (χ3n) is 3.44. The Morgan fingerprint density at radius 2 is 1.88 bits per heavy atom. The van der Waals surface area contributed by atoms with Crippen LogP contribution in [0.25, 0.3) is 0 Å². The third-order valence-corrected chi connectivity index (χ3v) is 3.75. The van der Waals surface area contributed by atoms with Crippen molar-refractivity contribution in [3.63, 3.8) is 0 Å². The predicted molar refractivity (Wildman–Crippen MR) is 85.0 cm³/mol. The van der Waals surface area contributed by atoms with E-state index in [1.807, 2.05) is 0 Å². The van der Waals surface area contributed by atoms with Gasteiger partial charge in [0.15, 0.2) is 0 Å². The van der Waals surface area contributed by atoms with Crippen molar-refractivity contribution >= 4 is 23.2 Å². The van der Waals surface area contributed by atoms with E-state index in [-0.39, 0.29) is 10.6 Å². The standard InChI is InChI=1S/C16H13ClF2N2O3/c1-16(2,12-6-3-9(18)7-13(12)17)20-15(22)11-5-4-10(21(23)24)8-14(11)19/h3-8H,1-2H3,(H,20,22). The molecule has 8 heteroatoms. The number of hydrogen-bond acceptors (Lipinski definition) is 3.